The van der Waals surface area contributed by atoms with Crippen LogP contribution in [-0.2, 0) is 31.6 Å². The fourth-order valence-electron chi connectivity index (χ4n) is 5.13. The zero-order valence-electron chi connectivity index (χ0n) is 23.1. The van der Waals surface area contributed by atoms with Gasteiger partial charge in [0.15, 0.2) is 11.5 Å². The molecule has 0 radical (unpaired) electrons. The van der Waals surface area contributed by atoms with E-state index in [4.69, 9.17) is 14.5 Å². The topological polar surface area (TPSA) is 39.5 Å². The Kier molecular flexibility index (Phi) is 7.85. The number of rotatable bonds is 10. The smallest absolute Gasteiger partial charge is 0.231 e. The average Bonchev–Trinajstić information content (AvgIpc) is 3.53. The predicted octanol–water partition coefficient (Wildman–Crippen LogP) is 7.58. The van der Waals surface area contributed by atoms with Crippen molar-refractivity contribution in [1.29, 1.82) is 0 Å². The fraction of sp³-hybridized carbons (Fsp3) is 0.364. The van der Waals surface area contributed by atoms with Crippen LogP contribution in [0.15, 0.2) is 78.9 Å². The van der Waals surface area contributed by atoms with E-state index in [1.165, 1.54) is 28.1 Å². The van der Waals surface area contributed by atoms with Crippen LogP contribution in [0.2, 0.25) is 0 Å². The highest BCUT2D eigenvalue weighted by atomic mass is 16.7. The van der Waals surface area contributed by atoms with Crippen LogP contribution in [0, 0.1) is 0 Å². The Morgan fingerprint density at radius 2 is 1.50 bits per heavy atom. The quantitative estimate of drug-likeness (QED) is 0.221. The maximum absolute atomic E-state index is 5.68. The van der Waals surface area contributed by atoms with Gasteiger partial charge in [0.2, 0.25) is 6.79 Å². The molecule has 198 valence electrons. The van der Waals surface area contributed by atoms with Crippen LogP contribution in [0.1, 0.15) is 63.1 Å². The minimum Gasteiger partial charge on any atom is -0.454 e. The summed E-state index contributed by atoms with van der Waals surface area (Å²) in [4.78, 5) is 7.84. The molecule has 0 fully saturated rings. The van der Waals surface area contributed by atoms with Gasteiger partial charge in [-0.25, -0.2) is 4.98 Å². The second kappa shape index (κ2) is 11.4. The molecule has 2 heterocycles. The van der Waals surface area contributed by atoms with Gasteiger partial charge in [0.25, 0.3) is 0 Å². The molecule has 5 heteroatoms. The lowest BCUT2D eigenvalue weighted by Gasteiger charge is -2.26. The van der Waals surface area contributed by atoms with E-state index in [2.05, 4.69) is 110 Å². The molecule has 38 heavy (non-hydrogen) atoms. The summed E-state index contributed by atoms with van der Waals surface area (Å²) in [6.07, 6.45) is 2.26. The third kappa shape index (κ3) is 5.94. The molecule has 1 aliphatic heterocycles. The molecule has 4 aromatic rings. The molecule has 1 aromatic heterocycles. The van der Waals surface area contributed by atoms with Gasteiger partial charge in [-0.3, -0.25) is 4.90 Å². The van der Waals surface area contributed by atoms with Crippen molar-refractivity contribution in [2.24, 2.45) is 0 Å². The number of unbranched alkanes of at least 4 members (excludes halogenated alkanes) is 1. The average molecular weight is 510 g/mol. The highest BCUT2D eigenvalue weighted by molar-refractivity contribution is 5.57. The normalized spacial score (nSPS) is 12.9. The lowest BCUT2D eigenvalue weighted by molar-refractivity contribution is 0.174. The van der Waals surface area contributed by atoms with Gasteiger partial charge in [0.05, 0.1) is 11.4 Å². The molecule has 5 nitrogen and oxygen atoms in total. The van der Waals surface area contributed by atoms with Gasteiger partial charge in [-0.1, -0.05) is 101 Å². The van der Waals surface area contributed by atoms with Crippen LogP contribution in [0.5, 0.6) is 11.5 Å². The van der Waals surface area contributed by atoms with Gasteiger partial charge >= 0.3 is 0 Å². The number of benzene rings is 3. The van der Waals surface area contributed by atoms with Crippen molar-refractivity contribution in [3.8, 4) is 22.9 Å². The van der Waals surface area contributed by atoms with Crippen molar-refractivity contribution in [2.75, 3.05) is 6.79 Å². The molecule has 5 rings (SSSR count). The minimum absolute atomic E-state index is 0.0759. The minimum atomic E-state index is -0.0759. The van der Waals surface area contributed by atoms with Crippen molar-refractivity contribution >= 4 is 0 Å². The van der Waals surface area contributed by atoms with E-state index in [0.29, 0.717) is 6.79 Å². The maximum Gasteiger partial charge on any atom is 0.231 e. The van der Waals surface area contributed by atoms with Crippen molar-refractivity contribution in [1.82, 2.24) is 14.5 Å². The van der Waals surface area contributed by atoms with E-state index >= 15 is 0 Å². The molecule has 0 aliphatic carbocycles. The molecule has 0 unspecified atom stereocenters. The van der Waals surface area contributed by atoms with E-state index in [1.54, 1.807) is 0 Å². The van der Waals surface area contributed by atoms with Crippen molar-refractivity contribution in [3.63, 3.8) is 0 Å². The Bertz CT molecular complexity index is 1340. The maximum atomic E-state index is 5.68. The first-order chi connectivity index (χ1) is 18.4. The third-order valence-corrected chi connectivity index (χ3v) is 7.02. The molecule has 0 bridgehead atoms. The predicted molar refractivity (Wildman–Crippen MR) is 153 cm³/mol. The first-order valence-corrected chi connectivity index (χ1v) is 13.7. The van der Waals surface area contributed by atoms with Crippen molar-refractivity contribution in [2.45, 2.75) is 72.1 Å². The van der Waals surface area contributed by atoms with Gasteiger partial charge < -0.3 is 14.0 Å². The second-order valence-electron chi connectivity index (χ2n) is 11.2. The number of imidazole rings is 1. The zero-order valence-corrected chi connectivity index (χ0v) is 23.1. The summed E-state index contributed by atoms with van der Waals surface area (Å²) in [5, 5.41) is 0. The van der Waals surface area contributed by atoms with Crippen molar-refractivity contribution < 1.29 is 9.47 Å². The van der Waals surface area contributed by atoms with Crippen LogP contribution < -0.4 is 9.47 Å². The van der Waals surface area contributed by atoms with Crippen LogP contribution in [0.3, 0.4) is 0 Å². The van der Waals surface area contributed by atoms with E-state index < -0.39 is 0 Å². The number of fused-ring (bicyclic) bond motifs is 1. The molecule has 1 aliphatic rings. The van der Waals surface area contributed by atoms with Gasteiger partial charge in [-0.15, -0.1) is 0 Å². The fourth-order valence-corrected chi connectivity index (χ4v) is 5.13. The Balaban J connectivity index is 1.56. The van der Waals surface area contributed by atoms with Gasteiger partial charge in [0.1, 0.15) is 5.82 Å². The first-order valence-electron chi connectivity index (χ1n) is 13.7. The summed E-state index contributed by atoms with van der Waals surface area (Å²) in [7, 11) is 0. The highest BCUT2D eigenvalue weighted by Gasteiger charge is 2.28. The molecule has 0 saturated heterocycles. The largest absolute Gasteiger partial charge is 0.454 e. The van der Waals surface area contributed by atoms with Gasteiger partial charge in [-0.2, -0.15) is 0 Å². The molecule has 0 saturated carbocycles. The summed E-state index contributed by atoms with van der Waals surface area (Å²) >= 11 is 0. The van der Waals surface area contributed by atoms with E-state index in [0.717, 1.165) is 56.3 Å². The SMILES string of the molecule is CCCCn1c(-c2ccccc2)nc(C(C)(C)C)c1CN(Cc1ccccc1)Cc1ccc2c(c1)OCO2. The summed E-state index contributed by atoms with van der Waals surface area (Å²) < 4.78 is 13.7. The summed E-state index contributed by atoms with van der Waals surface area (Å²) in [6.45, 7) is 12.8. The Morgan fingerprint density at radius 1 is 0.816 bits per heavy atom. The van der Waals surface area contributed by atoms with E-state index in [9.17, 15) is 0 Å². The Hall–Kier alpha value is -3.57. The molecule has 0 atom stereocenters. The standard InChI is InChI=1S/C33H39N3O2/c1-5-6-19-36-28(31(33(2,3)4)34-32(36)27-15-11-8-12-16-27)23-35(21-25-13-9-7-10-14-25)22-26-17-18-29-30(20-26)38-24-37-29/h7-18,20H,5-6,19,21-24H2,1-4H3. The van der Waals surface area contributed by atoms with E-state index in [-0.39, 0.29) is 5.41 Å². The van der Waals surface area contributed by atoms with Crippen molar-refractivity contribution in [3.05, 3.63) is 101 Å². The van der Waals surface area contributed by atoms with Gasteiger partial charge in [0, 0.05) is 37.2 Å². The Labute approximate surface area is 227 Å². The summed E-state index contributed by atoms with van der Waals surface area (Å²) in [5.74, 6) is 2.72. The summed E-state index contributed by atoms with van der Waals surface area (Å²) in [6, 6.07) is 27.7. The molecule has 0 amide bonds. The number of aromatic nitrogens is 2. The van der Waals surface area contributed by atoms with Gasteiger partial charge in [-0.05, 0) is 29.7 Å². The second-order valence-corrected chi connectivity index (χ2v) is 11.2. The molecular formula is C33H39N3O2. The molecular weight excluding hydrogens is 470 g/mol. The number of hydrogen-bond donors (Lipinski definition) is 0. The number of ether oxygens (including phenoxy) is 2. The first kappa shape index (κ1) is 26.1. The zero-order chi connectivity index (χ0) is 26.5. The van der Waals surface area contributed by atoms with E-state index in [1.807, 2.05) is 6.07 Å². The number of nitrogens with zero attached hydrogens (tertiary/aromatic N) is 3. The lowest BCUT2D eigenvalue weighted by atomic mass is 9.90. The summed E-state index contributed by atoms with van der Waals surface area (Å²) in [5.41, 5.74) is 6.09. The molecule has 0 spiro atoms. The number of hydrogen-bond acceptors (Lipinski definition) is 4. The highest BCUT2D eigenvalue weighted by Crippen LogP contribution is 2.35. The van der Waals surface area contributed by atoms with Crippen LogP contribution >= 0.6 is 0 Å². The molecule has 0 N–H and O–H groups in total. The Morgan fingerprint density at radius 3 is 2.21 bits per heavy atom. The molecule has 3 aromatic carbocycles. The van der Waals surface area contributed by atoms with Crippen LogP contribution in [0.4, 0.5) is 0 Å². The lowest BCUT2D eigenvalue weighted by Crippen LogP contribution is -2.26. The monoisotopic (exact) mass is 509 g/mol. The van der Waals surface area contributed by atoms with Crippen LogP contribution in [0.25, 0.3) is 11.4 Å². The third-order valence-electron chi connectivity index (χ3n) is 7.02. The van der Waals surface area contributed by atoms with Crippen LogP contribution in [-0.4, -0.2) is 21.2 Å².